The maximum atomic E-state index is 14.9. The molecule has 1 aromatic rings. The Morgan fingerprint density at radius 2 is 1.37 bits per heavy atom. The molecule has 4 rings (SSSR count). The average Bonchev–Trinajstić information content (AvgIpc) is 3.69. The van der Waals surface area contributed by atoms with Gasteiger partial charge < -0.3 is 55.3 Å². The third-order valence-corrected chi connectivity index (χ3v) is 13.1. The molecule has 5 unspecified atom stereocenters. The highest BCUT2D eigenvalue weighted by Crippen LogP contribution is 2.36. The Hall–Kier alpha value is -3.27. The number of ether oxygens (including phenoxy) is 4. The maximum Gasteiger partial charge on any atom is 0.330 e. The number of likely N-dealkylation sites (N-methyl/N-ethyl adjacent to an activating group) is 2. The SMILES string of the molecule is CCCCCCCCCCCCNC(=O)C1[C@@H](OC(=O)CCCCCCCCCCC)CN(C)C([C@H](OC2O[C@H](CN)[C@@H](O)[C@H]2O)C2OC(n3ccc(=O)[nH]c3=O)[C@H](O)[C@@H]2O)C(=O)N1C. The number of aliphatic hydroxyl groups excluding tert-OH is 4. The summed E-state index contributed by atoms with van der Waals surface area (Å²) in [5.41, 5.74) is 4.12. The number of nitrogens with zero attached hydrogens (tertiary/aromatic N) is 3. The zero-order valence-corrected chi connectivity index (χ0v) is 39.2. The van der Waals surface area contributed by atoms with Gasteiger partial charge in [0.1, 0.15) is 60.9 Å². The molecule has 19 heteroatoms. The van der Waals surface area contributed by atoms with Crippen molar-refractivity contribution in [2.45, 2.75) is 216 Å². The molecule has 0 spiro atoms. The lowest BCUT2D eigenvalue weighted by molar-refractivity contribution is -0.233. The van der Waals surface area contributed by atoms with Crippen molar-refractivity contribution in [3.63, 3.8) is 0 Å². The number of nitrogens with two attached hydrogens (primary N) is 1. The zero-order valence-electron chi connectivity index (χ0n) is 39.2. The van der Waals surface area contributed by atoms with E-state index in [1.54, 1.807) is 0 Å². The first-order chi connectivity index (χ1) is 31.2. The average molecular weight is 925 g/mol. The fourth-order valence-electron chi connectivity index (χ4n) is 9.18. The van der Waals surface area contributed by atoms with E-state index in [1.807, 2.05) is 0 Å². The lowest BCUT2D eigenvalue weighted by Gasteiger charge is -2.38. The normalized spacial score (nSPS) is 29.0. The van der Waals surface area contributed by atoms with E-state index >= 15 is 0 Å². The van der Waals surface area contributed by atoms with Gasteiger partial charge in [0, 0.05) is 45.4 Å². The van der Waals surface area contributed by atoms with E-state index in [0.717, 1.165) is 61.8 Å². The van der Waals surface area contributed by atoms with Gasteiger partial charge in [-0.05, 0) is 19.9 Å². The largest absolute Gasteiger partial charge is 0.458 e. The van der Waals surface area contributed by atoms with Gasteiger partial charge in [-0.1, -0.05) is 123 Å². The molecular weight excluding hydrogens is 845 g/mol. The van der Waals surface area contributed by atoms with Crippen molar-refractivity contribution in [2.75, 3.05) is 33.7 Å². The van der Waals surface area contributed by atoms with E-state index < -0.39 is 102 Å². The number of unbranched alkanes of at least 4 members (excludes halogenated alkanes) is 17. The van der Waals surface area contributed by atoms with E-state index in [4.69, 9.17) is 24.7 Å². The Bertz CT molecular complexity index is 1700. The van der Waals surface area contributed by atoms with Crippen molar-refractivity contribution in [1.82, 2.24) is 24.7 Å². The van der Waals surface area contributed by atoms with Crippen LogP contribution < -0.4 is 22.3 Å². The van der Waals surface area contributed by atoms with Gasteiger partial charge in [0.15, 0.2) is 12.5 Å². The van der Waals surface area contributed by atoms with Crippen LogP contribution in [0.2, 0.25) is 0 Å². The molecule has 3 aliphatic rings. The second-order valence-corrected chi connectivity index (χ2v) is 18.2. The number of esters is 1. The molecule has 3 aliphatic heterocycles. The fraction of sp³-hybridized carbons (Fsp3) is 0.848. The van der Waals surface area contributed by atoms with Crippen molar-refractivity contribution >= 4 is 17.8 Å². The molecule has 372 valence electrons. The molecule has 4 heterocycles. The van der Waals surface area contributed by atoms with Crippen molar-refractivity contribution in [1.29, 1.82) is 0 Å². The van der Waals surface area contributed by atoms with Crippen LogP contribution in [0.5, 0.6) is 0 Å². The Labute approximate surface area is 383 Å². The molecule has 12 atom stereocenters. The molecule has 1 aromatic heterocycles. The Morgan fingerprint density at radius 1 is 0.800 bits per heavy atom. The summed E-state index contributed by atoms with van der Waals surface area (Å²) in [4.78, 5) is 72.0. The van der Waals surface area contributed by atoms with E-state index in [1.165, 1.54) is 88.1 Å². The molecule has 8 N–H and O–H groups in total. The molecule has 0 saturated carbocycles. The number of hydrogen-bond donors (Lipinski definition) is 7. The summed E-state index contributed by atoms with van der Waals surface area (Å²) in [6.45, 7) is 4.34. The molecule has 3 fully saturated rings. The summed E-state index contributed by atoms with van der Waals surface area (Å²) in [6.07, 6.45) is 6.33. The van der Waals surface area contributed by atoms with Gasteiger partial charge in [0.05, 0.1) is 0 Å². The van der Waals surface area contributed by atoms with Crippen LogP contribution in [0.25, 0.3) is 0 Å². The molecule has 65 heavy (non-hydrogen) atoms. The van der Waals surface area contributed by atoms with E-state index in [9.17, 15) is 44.4 Å². The number of hydrogen-bond acceptors (Lipinski definition) is 15. The van der Waals surface area contributed by atoms with E-state index in [0.29, 0.717) is 19.4 Å². The zero-order chi connectivity index (χ0) is 47.5. The standard InChI is InChI=1S/C46H80N6O13/c1-5-7-9-11-13-15-17-19-21-23-26-48-42(59)34-31(62-33(54)24-22-20-18-16-14-12-10-8-6-2)29-50(3)35(43(60)51(34)4)40(65-45-39(58)36(55)30(28-47)63-45)41-37(56)38(57)44(64-41)52-27-25-32(53)49-46(52)61/h25,27,30-31,34-41,44-45,55-58H,5-24,26,28-29,47H2,1-4H3,(H,48,59)(H,49,53,61)/t30-,31+,34?,35?,36-,37+,38-,39-,40+,41?,44?,45?/m1/s1. The maximum absolute atomic E-state index is 14.9. The number of rotatable bonds is 29. The van der Waals surface area contributed by atoms with Gasteiger partial charge in [-0.3, -0.25) is 33.6 Å². The summed E-state index contributed by atoms with van der Waals surface area (Å²) in [5, 5.41) is 47.5. The number of nitrogens with one attached hydrogen (secondary N) is 2. The number of amides is 2. The third-order valence-electron chi connectivity index (χ3n) is 13.1. The van der Waals surface area contributed by atoms with E-state index in [2.05, 4.69) is 24.1 Å². The molecule has 3 saturated heterocycles. The molecule has 0 aliphatic carbocycles. The Morgan fingerprint density at radius 3 is 1.92 bits per heavy atom. The number of aliphatic hydroxyl groups is 4. The van der Waals surface area contributed by atoms with Crippen LogP contribution in [0.4, 0.5) is 0 Å². The number of carbonyl (C=O) groups is 3. The highest BCUT2D eigenvalue weighted by atomic mass is 16.7. The predicted octanol–water partition coefficient (Wildman–Crippen LogP) is 1.96. The summed E-state index contributed by atoms with van der Waals surface area (Å²) in [5.74, 6) is -1.78. The second kappa shape index (κ2) is 28.2. The Kier molecular flexibility index (Phi) is 23.5. The fourth-order valence-corrected chi connectivity index (χ4v) is 9.18. The minimum atomic E-state index is -1.84. The van der Waals surface area contributed by atoms with Crippen molar-refractivity contribution in [3.8, 4) is 0 Å². The first-order valence-corrected chi connectivity index (χ1v) is 24.4. The van der Waals surface area contributed by atoms with Crippen molar-refractivity contribution in [3.05, 3.63) is 33.1 Å². The van der Waals surface area contributed by atoms with Crippen LogP contribution in [0.1, 0.15) is 148 Å². The second-order valence-electron chi connectivity index (χ2n) is 18.2. The molecule has 19 nitrogen and oxygen atoms in total. The number of aromatic nitrogens is 2. The topological polar surface area (TPSA) is 268 Å². The first-order valence-electron chi connectivity index (χ1n) is 24.4. The van der Waals surface area contributed by atoms with Crippen molar-refractivity contribution < 1.29 is 53.8 Å². The number of aromatic amines is 1. The minimum absolute atomic E-state index is 0.114. The van der Waals surface area contributed by atoms with Gasteiger partial charge in [-0.15, -0.1) is 0 Å². The summed E-state index contributed by atoms with van der Waals surface area (Å²) < 4.78 is 25.1. The lowest BCUT2D eigenvalue weighted by Crippen LogP contribution is -2.60. The summed E-state index contributed by atoms with van der Waals surface area (Å²) in [6, 6.07) is -1.74. The highest BCUT2D eigenvalue weighted by molar-refractivity contribution is 5.91. The summed E-state index contributed by atoms with van der Waals surface area (Å²) in [7, 11) is 2.93. The smallest absolute Gasteiger partial charge is 0.330 e. The first kappa shape index (κ1) is 54.3. The number of carbonyl (C=O) groups excluding carboxylic acids is 3. The molecule has 2 amide bonds. The molecular formula is C46H80N6O13. The predicted molar refractivity (Wildman–Crippen MR) is 241 cm³/mol. The minimum Gasteiger partial charge on any atom is -0.458 e. The molecule has 0 bridgehead atoms. The van der Waals surface area contributed by atoms with Gasteiger partial charge in [0.2, 0.25) is 11.8 Å². The summed E-state index contributed by atoms with van der Waals surface area (Å²) >= 11 is 0. The van der Waals surface area contributed by atoms with Crippen LogP contribution in [0, 0.1) is 0 Å². The van der Waals surface area contributed by atoms with Crippen molar-refractivity contribution in [2.24, 2.45) is 5.73 Å². The van der Waals surface area contributed by atoms with Gasteiger partial charge >= 0.3 is 11.7 Å². The lowest BCUT2D eigenvalue weighted by atomic mass is 9.97. The third kappa shape index (κ3) is 15.6. The van der Waals surface area contributed by atoms with E-state index in [-0.39, 0.29) is 19.5 Å². The highest BCUT2D eigenvalue weighted by Gasteiger charge is 2.57. The molecule has 0 radical (unpaired) electrons. The van der Waals surface area contributed by atoms with Gasteiger partial charge in [-0.25, -0.2) is 4.79 Å². The van der Waals surface area contributed by atoms with Crippen LogP contribution in [0.3, 0.4) is 0 Å². The quantitative estimate of drug-likeness (QED) is 0.0447. The van der Waals surface area contributed by atoms with Gasteiger partial charge in [0.25, 0.3) is 5.56 Å². The molecule has 0 aromatic carbocycles. The Balaban J connectivity index is 1.56. The van der Waals surface area contributed by atoms with Crippen LogP contribution in [-0.2, 0) is 33.3 Å². The monoisotopic (exact) mass is 925 g/mol. The van der Waals surface area contributed by atoms with Crippen LogP contribution >= 0.6 is 0 Å². The van der Waals surface area contributed by atoms with Crippen LogP contribution in [0.15, 0.2) is 21.9 Å². The number of H-pyrrole nitrogens is 1. The van der Waals surface area contributed by atoms with Gasteiger partial charge in [-0.2, -0.15) is 0 Å². The van der Waals surface area contributed by atoms with Crippen LogP contribution in [-0.4, -0.2) is 158 Å².